The van der Waals surface area contributed by atoms with E-state index < -0.39 is 26.6 Å². The van der Waals surface area contributed by atoms with Crippen LogP contribution in [0, 0.1) is 5.82 Å². The van der Waals surface area contributed by atoms with Crippen molar-refractivity contribution in [2.24, 2.45) is 5.73 Å². The number of sulfonamides is 1. The Bertz CT molecular complexity index is 607. The first-order valence-electron chi connectivity index (χ1n) is 5.74. The minimum atomic E-state index is -4.01. The summed E-state index contributed by atoms with van der Waals surface area (Å²) < 4.78 is 39.8. The first-order valence-corrected chi connectivity index (χ1v) is 7.60. The monoisotopic (exact) mass is 323 g/mol. The lowest BCUT2D eigenvalue weighted by molar-refractivity contribution is -0.114. The third kappa shape index (κ3) is 4.41. The highest BCUT2D eigenvalue weighted by Gasteiger charge is 2.21. The lowest BCUT2D eigenvalue weighted by Crippen LogP contribution is -2.27. The Morgan fingerprint density at radius 3 is 2.65 bits per heavy atom. The van der Waals surface area contributed by atoms with Crippen LogP contribution in [0.15, 0.2) is 17.0 Å². The van der Waals surface area contributed by atoms with Crippen LogP contribution < -0.4 is 15.8 Å². The lowest BCUT2D eigenvalue weighted by Gasteiger charge is -2.10. The molecule has 20 heavy (non-hydrogen) atoms. The fourth-order valence-electron chi connectivity index (χ4n) is 1.41. The molecule has 0 aliphatic rings. The van der Waals surface area contributed by atoms with Gasteiger partial charge < -0.3 is 11.1 Å². The van der Waals surface area contributed by atoms with Crippen molar-refractivity contribution >= 4 is 33.2 Å². The summed E-state index contributed by atoms with van der Waals surface area (Å²) in [7, 11) is -4.01. The van der Waals surface area contributed by atoms with Crippen LogP contribution >= 0.6 is 11.6 Å². The van der Waals surface area contributed by atoms with E-state index in [1.807, 2.05) is 0 Å². The molecule has 0 fully saturated rings. The van der Waals surface area contributed by atoms with E-state index in [1.165, 1.54) is 6.92 Å². The van der Waals surface area contributed by atoms with E-state index in [2.05, 4.69) is 10.0 Å². The third-order valence-electron chi connectivity index (χ3n) is 2.29. The van der Waals surface area contributed by atoms with Gasteiger partial charge in [0.15, 0.2) is 0 Å². The maximum absolute atomic E-state index is 13.8. The number of hydrogen-bond acceptors (Lipinski definition) is 4. The van der Waals surface area contributed by atoms with Gasteiger partial charge in [-0.1, -0.05) is 11.6 Å². The maximum Gasteiger partial charge on any atom is 0.243 e. The number of nitrogens with one attached hydrogen (secondary N) is 2. The molecule has 112 valence electrons. The Morgan fingerprint density at radius 1 is 1.45 bits per heavy atom. The van der Waals surface area contributed by atoms with Gasteiger partial charge >= 0.3 is 0 Å². The van der Waals surface area contributed by atoms with Crippen LogP contribution in [0.1, 0.15) is 13.3 Å². The molecule has 0 aliphatic heterocycles. The van der Waals surface area contributed by atoms with Crippen molar-refractivity contribution in [2.75, 3.05) is 18.4 Å². The van der Waals surface area contributed by atoms with Crippen LogP contribution in [0.2, 0.25) is 5.02 Å². The number of rotatable bonds is 6. The average molecular weight is 324 g/mol. The molecule has 0 aromatic heterocycles. The molecule has 6 nitrogen and oxygen atoms in total. The molecule has 9 heteroatoms. The summed E-state index contributed by atoms with van der Waals surface area (Å²) in [6.07, 6.45) is 0.429. The summed E-state index contributed by atoms with van der Waals surface area (Å²) in [6.45, 7) is 1.64. The first kappa shape index (κ1) is 16.8. The molecule has 0 unspecified atom stereocenters. The smallest absolute Gasteiger partial charge is 0.243 e. The first-order chi connectivity index (χ1) is 9.27. The number of halogens is 2. The van der Waals surface area contributed by atoms with E-state index in [1.54, 1.807) is 0 Å². The van der Waals surface area contributed by atoms with E-state index in [4.69, 9.17) is 17.3 Å². The zero-order valence-corrected chi connectivity index (χ0v) is 12.3. The number of benzene rings is 1. The molecule has 0 atom stereocenters. The second kappa shape index (κ2) is 6.98. The SMILES string of the molecule is CC(=O)Nc1cc(F)c(S(=O)(=O)NCCCN)cc1Cl. The number of amides is 1. The van der Waals surface area contributed by atoms with Gasteiger partial charge in [-0.3, -0.25) is 4.79 Å². The summed E-state index contributed by atoms with van der Waals surface area (Å²) in [5.41, 5.74) is 5.26. The Hall–Kier alpha value is -1.22. The van der Waals surface area contributed by atoms with Crippen molar-refractivity contribution in [1.82, 2.24) is 4.72 Å². The molecule has 1 aromatic carbocycles. The maximum atomic E-state index is 13.8. The van der Waals surface area contributed by atoms with E-state index in [-0.39, 0.29) is 17.3 Å². The van der Waals surface area contributed by atoms with Crippen LogP contribution in [0.5, 0.6) is 0 Å². The molecular weight excluding hydrogens is 309 g/mol. The van der Waals surface area contributed by atoms with Crippen molar-refractivity contribution in [3.8, 4) is 0 Å². The van der Waals surface area contributed by atoms with E-state index in [0.29, 0.717) is 13.0 Å². The Labute approximate surface area is 121 Å². The molecule has 1 amide bonds. The van der Waals surface area contributed by atoms with Crippen LogP contribution in [-0.4, -0.2) is 27.4 Å². The Kier molecular flexibility index (Phi) is 5.88. The van der Waals surface area contributed by atoms with Crippen molar-refractivity contribution in [3.63, 3.8) is 0 Å². The summed E-state index contributed by atoms with van der Waals surface area (Å²) >= 11 is 5.82. The van der Waals surface area contributed by atoms with Crippen LogP contribution in [0.25, 0.3) is 0 Å². The van der Waals surface area contributed by atoms with Gasteiger partial charge in [0, 0.05) is 19.5 Å². The van der Waals surface area contributed by atoms with Crippen molar-refractivity contribution in [1.29, 1.82) is 0 Å². The van der Waals surface area contributed by atoms with Crippen molar-refractivity contribution < 1.29 is 17.6 Å². The summed E-state index contributed by atoms with van der Waals surface area (Å²) in [5, 5.41) is 2.23. The number of hydrogen-bond donors (Lipinski definition) is 3. The molecule has 0 saturated heterocycles. The summed E-state index contributed by atoms with van der Waals surface area (Å²) in [6, 6.07) is 1.81. The van der Waals surface area contributed by atoms with E-state index >= 15 is 0 Å². The van der Waals surface area contributed by atoms with Crippen LogP contribution in [0.3, 0.4) is 0 Å². The Morgan fingerprint density at radius 2 is 2.10 bits per heavy atom. The fraction of sp³-hybridized carbons (Fsp3) is 0.364. The van der Waals surface area contributed by atoms with Crippen molar-refractivity contribution in [3.05, 3.63) is 23.0 Å². The summed E-state index contributed by atoms with van der Waals surface area (Å²) in [5.74, 6) is -1.44. The molecule has 0 saturated carbocycles. The topological polar surface area (TPSA) is 101 Å². The Balaban J connectivity index is 3.08. The highest BCUT2D eigenvalue weighted by Crippen LogP contribution is 2.28. The van der Waals surface area contributed by atoms with Gasteiger partial charge in [-0.25, -0.2) is 17.5 Å². The van der Waals surface area contributed by atoms with Gasteiger partial charge in [-0.2, -0.15) is 0 Å². The minimum absolute atomic E-state index is 0.0116. The minimum Gasteiger partial charge on any atom is -0.330 e. The predicted molar refractivity (Wildman–Crippen MR) is 74.6 cm³/mol. The largest absolute Gasteiger partial charge is 0.330 e. The molecule has 0 bridgehead atoms. The third-order valence-corrected chi connectivity index (χ3v) is 4.08. The lowest BCUT2D eigenvalue weighted by atomic mass is 10.3. The van der Waals surface area contributed by atoms with Crippen LogP contribution in [0.4, 0.5) is 10.1 Å². The second-order valence-corrected chi connectivity index (χ2v) is 6.13. The summed E-state index contributed by atoms with van der Waals surface area (Å²) in [4.78, 5) is 10.3. The molecule has 0 radical (unpaired) electrons. The zero-order chi connectivity index (χ0) is 15.3. The zero-order valence-electron chi connectivity index (χ0n) is 10.7. The molecule has 0 aliphatic carbocycles. The number of nitrogens with two attached hydrogens (primary N) is 1. The quantitative estimate of drug-likeness (QED) is 0.681. The molecule has 1 aromatic rings. The molecular formula is C11H15ClFN3O3S. The van der Waals surface area contributed by atoms with Gasteiger partial charge in [-0.05, 0) is 19.0 Å². The number of carbonyl (C=O) groups is 1. The molecule has 0 heterocycles. The normalized spacial score (nSPS) is 11.4. The standard InChI is InChI=1S/C11H15ClFN3O3S/c1-7(17)16-10-6-9(13)11(5-8(10)12)20(18,19)15-4-2-3-14/h5-6,15H,2-4,14H2,1H3,(H,16,17). The molecule has 4 N–H and O–H groups in total. The number of carbonyl (C=O) groups excluding carboxylic acids is 1. The highest BCUT2D eigenvalue weighted by atomic mass is 35.5. The van der Waals surface area contributed by atoms with Gasteiger partial charge in [0.25, 0.3) is 0 Å². The van der Waals surface area contributed by atoms with E-state index in [9.17, 15) is 17.6 Å². The molecule has 0 spiro atoms. The average Bonchev–Trinajstić information content (AvgIpc) is 2.32. The number of anilines is 1. The molecule has 1 rings (SSSR count). The fourth-order valence-corrected chi connectivity index (χ4v) is 2.84. The van der Waals surface area contributed by atoms with Gasteiger partial charge in [0.1, 0.15) is 10.7 Å². The van der Waals surface area contributed by atoms with Gasteiger partial charge in [-0.15, -0.1) is 0 Å². The van der Waals surface area contributed by atoms with Gasteiger partial charge in [0.05, 0.1) is 10.7 Å². The van der Waals surface area contributed by atoms with E-state index in [0.717, 1.165) is 12.1 Å². The second-order valence-electron chi connectivity index (χ2n) is 3.98. The van der Waals surface area contributed by atoms with Crippen LogP contribution in [-0.2, 0) is 14.8 Å². The van der Waals surface area contributed by atoms with Gasteiger partial charge in [0.2, 0.25) is 15.9 Å². The highest BCUT2D eigenvalue weighted by molar-refractivity contribution is 7.89. The predicted octanol–water partition coefficient (Wildman–Crippen LogP) is 1.06. The van der Waals surface area contributed by atoms with Crippen molar-refractivity contribution in [2.45, 2.75) is 18.2 Å².